The number of nitrogens with two attached hydrogens (primary N) is 1. The van der Waals surface area contributed by atoms with E-state index in [1.54, 1.807) is 0 Å². The number of nitrogens with zero attached hydrogens (tertiary/aromatic N) is 4. The Morgan fingerprint density at radius 2 is 1.95 bits per heavy atom. The van der Waals surface area contributed by atoms with Crippen LogP contribution < -0.4 is 15.5 Å². The first-order chi connectivity index (χ1) is 9.15. The third kappa shape index (κ3) is 2.16. The molecule has 100 valence electrons. The molecule has 5 nitrogen and oxygen atoms in total. The lowest BCUT2D eigenvalue weighted by molar-refractivity contribution is 0.949. The maximum Gasteiger partial charge on any atom is 0.161 e. The van der Waals surface area contributed by atoms with Crippen molar-refractivity contribution < 1.29 is 0 Å². The van der Waals surface area contributed by atoms with Gasteiger partial charge >= 0.3 is 0 Å². The van der Waals surface area contributed by atoms with E-state index in [9.17, 15) is 0 Å². The van der Waals surface area contributed by atoms with Gasteiger partial charge in [0.1, 0.15) is 0 Å². The Bertz CT molecular complexity index is 602. The molecule has 1 aliphatic heterocycles. The van der Waals surface area contributed by atoms with E-state index >= 15 is 0 Å². The quantitative estimate of drug-likeness (QED) is 0.890. The number of nitrogen functional groups attached to an aromatic ring is 1. The van der Waals surface area contributed by atoms with E-state index in [-0.39, 0.29) is 0 Å². The zero-order valence-electron chi connectivity index (χ0n) is 11.4. The van der Waals surface area contributed by atoms with Crippen molar-refractivity contribution in [2.24, 2.45) is 0 Å². The molecule has 3 rings (SSSR count). The van der Waals surface area contributed by atoms with Gasteiger partial charge < -0.3 is 15.5 Å². The topological polar surface area (TPSA) is 58.3 Å². The van der Waals surface area contributed by atoms with Crippen molar-refractivity contribution in [1.29, 1.82) is 0 Å². The third-order valence-corrected chi connectivity index (χ3v) is 3.56. The highest BCUT2D eigenvalue weighted by atomic mass is 15.2. The Morgan fingerprint density at radius 3 is 2.63 bits per heavy atom. The van der Waals surface area contributed by atoms with E-state index in [0.717, 1.165) is 29.9 Å². The molecule has 0 aromatic carbocycles. The first kappa shape index (κ1) is 12.0. The molecule has 0 aliphatic carbocycles. The highest BCUT2D eigenvalue weighted by Crippen LogP contribution is 2.27. The fourth-order valence-electron chi connectivity index (χ4n) is 2.57. The molecule has 19 heavy (non-hydrogen) atoms. The number of anilines is 3. The van der Waals surface area contributed by atoms with Gasteiger partial charge in [-0.3, -0.25) is 0 Å². The van der Waals surface area contributed by atoms with Gasteiger partial charge in [0.25, 0.3) is 0 Å². The number of rotatable bonds is 2. The van der Waals surface area contributed by atoms with Crippen LogP contribution in [0.4, 0.5) is 17.2 Å². The number of aromatic nitrogens is 2. The number of fused-ring (bicyclic) bond motifs is 1. The van der Waals surface area contributed by atoms with E-state index in [2.05, 4.69) is 20.9 Å². The number of pyridine rings is 2. The molecule has 0 bridgehead atoms. The normalized spacial score (nSPS) is 15.2. The minimum absolute atomic E-state index is 0.692. The van der Waals surface area contributed by atoms with Crippen molar-refractivity contribution in [2.75, 3.05) is 42.7 Å². The second-order valence-corrected chi connectivity index (χ2v) is 5.23. The lowest BCUT2D eigenvalue weighted by atomic mass is 10.2. The fourth-order valence-corrected chi connectivity index (χ4v) is 2.57. The van der Waals surface area contributed by atoms with Gasteiger partial charge in [0.2, 0.25) is 0 Å². The molecule has 2 aromatic heterocycles. The fraction of sp³-hybridized carbons (Fsp3) is 0.429. The van der Waals surface area contributed by atoms with Gasteiger partial charge in [0.05, 0.1) is 17.6 Å². The predicted molar refractivity (Wildman–Crippen MR) is 79.7 cm³/mol. The van der Waals surface area contributed by atoms with Crippen molar-refractivity contribution in [3.63, 3.8) is 0 Å². The van der Waals surface area contributed by atoms with E-state index in [1.807, 2.05) is 31.3 Å². The Morgan fingerprint density at radius 1 is 1.21 bits per heavy atom. The molecule has 5 heteroatoms. The first-order valence-electron chi connectivity index (χ1n) is 6.64. The van der Waals surface area contributed by atoms with Crippen LogP contribution in [0, 0.1) is 0 Å². The lowest BCUT2D eigenvalue weighted by Gasteiger charge is -2.18. The summed E-state index contributed by atoms with van der Waals surface area (Å²) in [5.41, 5.74) is 8.66. The summed E-state index contributed by atoms with van der Waals surface area (Å²) >= 11 is 0. The van der Waals surface area contributed by atoms with Gasteiger partial charge in [0, 0.05) is 32.6 Å². The largest absolute Gasteiger partial charge is 0.396 e. The van der Waals surface area contributed by atoms with Crippen molar-refractivity contribution in [3.05, 3.63) is 18.3 Å². The number of hydrogen-bond acceptors (Lipinski definition) is 5. The van der Waals surface area contributed by atoms with E-state index in [4.69, 9.17) is 5.73 Å². The minimum Gasteiger partial charge on any atom is -0.396 e. The SMILES string of the molecule is CN(C)c1nc2ncc(N3CCCC3)cc2cc1N. The molecule has 0 amide bonds. The molecule has 1 saturated heterocycles. The van der Waals surface area contributed by atoms with Gasteiger partial charge in [-0.05, 0) is 25.0 Å². The van der Waals surface area contributed by atoms with Crippen LogP contribution in [0.1, 0.15) is 12.8 Å². The zero-order valence-corrected chi connectivity index (χ0v) is 11.4. The van der Waals surface area contributed by atoms with Crippen LogP contribution in [0.15, 0.2) is 18.3 Å². The average molecular weight is 257 g/mol. The summed E-state index contributed by atoms with van der Waals surface area (Å²) in [5.74, 6) is 0.772. The van der Waals surface area contributed by atoms with E-state index in [1.165, 1.54) is 18.5 Å². The maximum absolute atomic E-state index is 6.05. The van der Waals surface area contributed by atoms with E-state index < -0.39 is 0 Å². The van der Waals surface area contributed by atoms with Crippen molar-refractivity contribution in [2.45, 2.75) is 12.8 Å². The molecule has 0 saturated carbocycles. The first-order valence-corrected chi connectivity index (χ1v) is 6.64. The van der Waals surface area contributed by atoms with Crippen LogP contribution in [-0.4, -0.2) is 37.2 Å². The molecule has 3 heterocycles. The second kappa shape index (κ2) is 4.57. The van der Waals surface area contributed by atoms with Gasteiger partial charge in [-0.2, -0.15) is 0 Å². The molecule has 0 radical (unpaired) electrons. The molecular formula is C14H19N5. The predicted octanol–water partition coefficient (Wildman–Crippen LogP) is 1.88. The van der Waals surface area contributed by atoms with Gasteiger partial charge in [-0.1, -0.05) is 0 Å². The molecule has 0 unspecified atom stereocenters. The second-order valence-electron chi connectivity index (χ2n) is 5.23. The lowest BCUT2D eigenvalue weighted by Crippen LogP contribution is -2.18. The van der Waals surface area contributed by atoms with Crippen LogP contribution in [0.25, 0.3) is 11.0 Å². The standard InChI is InChI=1S/C14H19N5/c1-18(2)14-12(15)8-10-7-11(9-16-13(10)17-14)19-5-3-4-6-19/h7-9H,3-6,15H2,1-2H3. The molecule has 1 aliphatic rings. The maximum atomic E-state index is 6.05. The van der Waals surface area contributed by atoms with Crippen molar-refractivity contribution in [3.8, 4) is 0 Å². The number of hydrogen-bond donors (Lipinski definition) is 1. The molecule has 0 spiro atoms. The highest BCUT2D eigenvalue weighted by Gasteiger charge is 2.14. The summed E-state index contributed by atoms with van der Waals surface area (Å²) in [7, 11) is 3.87. The Hall–Kier alpha value is -2.04. The van der Waals surface area contributed by atoms with Crippen LogP contribution in [-0.2, 0) is 0 Å². The summed E-state index contributed by atoms with van der Waals surface area (Å²) in [6.07, 6.45) is 4.44. The summed E-state index contributed by atoms with van der Waals surface area (Å²) in [6.45, 7) is 2.23. The van der Waals surface area contributed by atoms with Crippen LogP contribution >= 0.6 is 0 Å². The summed E-state index contributed by atoms with van der Waals surface area (Å²) < 4.78 is 0. The van der Waals surface area contributed by atoms with Crippen molar-refractivity contribution >= 4 is 28.2 Å². The zero-order chi connectivity index (χ0) is 13.4. The van der Waals surface area contributed by atoms with E-state index in [0.29, 0.717) is 5.69 Å². The van der Waals surface area contributed by atoms with Gasteiger partial charge in [-0.15, -0.1) is 0 Å². The monoisotopic (exact) mass is 257 g/mol. The smallest absolute Gasteiger partial charge is 0.161 e. The Labute approximate surface area is 113 Å². The Kier molecular flexibility index (Phi) is 2.89. The average Bonchev–Trinajstić information content (AvgIpc) is 2.90. The molecule has 1 fully saturated rings. The van der Waals surface area contributed by atoms with Crippen molar-refractivity contribution in [1.82, 2.24) is 9.97 Å². The molecule has 2 N–H and O–H groups in total. The third-order valence-electron chi connectivity index (χ3n) is 3.56. The van der Waals surface area contributed by atoms with Gasteiger partial charge in [0.15, 0.2) is 11.5 Å². The highest BCUT2D eigenvalue weighted by molar-refractivity contribution is 5.85. The molecule has 2 aromatic rings. The molecule has 0 atom stereocenters. The summed E-state index contributed by atoms with van der Waals surface area (Å²) in [4.78, 5) is 13.3. The minimum atomic E-state index is 0.692. The summed E-state index contributed by atoms with van der Waals surface area (Å²) in [5, 5.41) is 1.01. The van der Waals surface area contributed by atoms with Crippen LogP contribution in [0.2, 0.25) is 0 Å². The van der Waals surface area contributed by atoms with Gasteiger partial charge in [-0.25, -0.2) is 9.97 Å². The van der Waals surface area contributed by atoms with Crippen LogP contribution in [0.3, 0.4) is 0 Å². The summed E-state index contributed by atoms with van der Waals surface area (Å²) in [6, 6.07) is 4.10. The molecular weight excluding hydrogens is 238 g/mol. The Balaban J connectivity index is 2.06. The van der Waals surface area contributed by atoms with Crippen LogP contribution in [0.5, 0.6) is 0 Å².